The lowest BCUT2D eigenvalue weighted by Gasteiger charge is -2.31. The van der Waals surface area contributed by atoms with Crippen LogP contribution in [0.4, 0.5) is 0 Å². The number of benzene rings is 1. The molecule has 2 unspecified atom stereocenters. The van der Waals surface area contributed by atoms with Crippen LogP contribution in [0.15, 0.2) is 30.3 Å². The lowest BCUT2D eigenvalue weighted by atomic mass is 9.90. The standard InChI is InChI=1S/C15H23NO2/c1-15(17,11-14-12-18-10-9-16-14)8-7-13-5-3-2-4-6-13/h2-6,14,16-17H,7-12H2,1H3. The maximum absolute atomic E-state index is 10.4. The second-order valence-corrected chi connectivity index (χ2v) is 5.41. The van der Waals surface area contributed by atoms with Crippen molar-refractivity contribution in [2.24, 2.45) is 0 Å². The Labute approximate surface area is 109 Å². The number of hydrogen-bond donors (Lipinski definition) is 2. The first-order valence-corrected chi connectivity index (χ1v) is 6.73. The van der Waals surface area contributed by atoms with Crippen molar-refractivity contribution in [1.29, 1.82) is 0 Å². The van der Waals surface area contributed by atoms with Crippen molar-refractivity contribution in [3.63, 3.8) is 0 Å². The van der Waals surface area contributed by atoms with E-state index >= 15 is 0 Å². The summed E-state index contributed by atoms with van der Waals surface area (Å²) in [5.74, 6) is 0. The monoisotopic (exact) mass is 249 g/mol. The highest BCUT2D eigenvalue weighted by Crippen LogP contribution is 2.20. The van der Waals surface area contributed by atoms with E-state index in [1.165, 1.54) is 5.56 Å². The van der Waals surface area contributed by atoms with Gasteiger partial charge in [0.25, 0.3) is 0 Å². The van der Waals surface area contributed by atoms with Gasteiger partial charge in [0.2, 0.25) is 0 Å². The van der Waals surface area contributed by atoms with Crippen LogP contribution in [0.1, 0.15) is 25.3 Å². The van der Waals surface area contributed by atoms with Crippen LogP contribution < -0.4 is 5.32 Å². The van der Waals surface area contributed by atoms with Crippen LogP contribution >= 0.6 is 0 Å². The SMILES string of the molecule is CC(O)(CCc1ccccc1)CC1COCCN1. The van der Waals surface area contributed by atoms with E-state index in [2.05, 4.69) is 17.4 Å². The van der Waals surface area contributed by atoms with Crippen molar-refractivity contribution >= 4 is 0 Å². The molecule has 0 aliphatic carbocycles. The maximum Gasteiger partial charge on any atom is 0.0638 e. The first kappa shape index (κ1) is 13.5. The van der Waals surface area contributed by atoms with E-state index in [0.29, 0.717) is 6.61 Å². The van der Waals surface area contributed by atoms with Gasteiger partial charge in [-0.3, -0.25) is 0 Å². The molecule has 2 rings (SSSR count). The smallest absolute Gasteiger partial charge is 0.0638 e. The van der Waals surface area contributed by atoms with Crippen LogP contribution in [-0.2, 0) is 11.2 Å². The largest absolute Gasteiger partial charge is 0.390 e. The Morgan fingerprint density at radius 1 is 1.39 bits per heavy atom. The average molecular weight is 249 g/mol. The van der Waals surface area contributed by atoms with Gasteiger partial charge < -0.3 is 15.2 Å². The van der Waals surface area contributed by atoms with Crippen molar-refractivity contribution in [3.8, 4) is 0 Å². The van der Waals surface area contributed by atoms with E-state index in [1.807, 2.05) is 25.1 Å². The van der Waals surface area contributed by atoms with Crippen LogP contribution in [0.5, 0.6) is 0 Å². The van der Waals surface area contributed by atoms with Crippen LogP contribution in [0.2, 0.25) is 0 Å². The fourth-order valence-corrected chi connectivity index (χ4v) is 2.44. The van der Waals surface area contributed by atoms with E-state index < -0.39 is 5.60 Å². The first-order chi connectivity index (χ1) is 8.66. The normalized spacial score (nSPS) is 23.6. The third-order valence-corrected chi connectivity index (χ3v) is 3.48. The van der Waals surface area contributed by atoms with Crippen molar-refractivity contribution in [2.45, 2.75) is 37.8 Å². The summed E-state index contributed by atoms with van der Waals surface area (Å²) in [6, 6.07) is 10.6. The Bertz CT molecular complexity index is 345. The number of aryl methyl sites for hydroxylation is 1. The van der Waals surface area contributed by atoms with E-state index in [-0.39, 0.29) is 6.04 Å². The molecule has 3 heteroatoms. The highest BCUT2D eigenvalue weighted by molar-refractivity contribution is 5.15. The minimum Gasteiger partial charge on any atom is -0.390 e. The van der Waals surface area contributed by atoms with Gasteiger partial charge in [-0.15, -0.1) is 0 Å². The van der Waals surface area contributed by atoms with Crippen LogP contribution in [0.3, 0.4) is 0 Å². The number of hydrogen-bond acceptors (Lipinski definition) is 3. The minimum atomic E-state index is -0.631. The van der Waals surface area contributed by atoms with Crippen molar-refractivity contribution in [3.05, 3.63) is 35.9 Å². The Kier molecular flexibility index (Phi) is 4.75. The van der Waals surface area contributed by atoms with Crippen LogP contribution in [-0.4, -0.2) is 36.5 Å². The fourth-order valence-electron chi connectivity index (χ4n) is 2.44. The number of rotatable bonds is 5. The molecule has 0 saturated carbocycles. The van der Waals surface area contributed by atoms with E-state index in [0.717, 1.165) is 32.4 Å². The summed E-state index contributed by atoms with van der Waals surface area (Å²) >= 11 is 0. The summed E-state index contributed by atoms with van der Waals surface area (Å²) in [6.45, 7) is 4.30. The third-order valence-electron chi connectivity index (χ3n) is 3.48. The zero-order valence-electron chi connectivity index (χ0n) is 11.1. The van der Waals surface area contributed by atoms with Gasteiger partial charge in [0.05, 0.1) is 18.8 Å². The quantitative estimate of drug-likeness (QED) is 0.835. The molecule has 0 bridgehead atoms. The predicted octanol–water partition coefficient (Wildman–Crippen LogP) is 1.75. The predicted molar refractivity (Wildman–Crippen MR) is 72.6 cm³/mol. The van der Waals surface area contributed by atoms with Gasteiger partial charge in [0.15, 0.2) is 0 Å². The molecular formula is C15H23NO2. The molecule has 3 nitrogen and oxygen atoms in total. The number of nitrogens with one attached hydrogen (secondary N) is 1. The molecule has 0 spiro atoms. The lowest BCUT2D eigenvalue weighted by molar-refractivity contribution is 0.00120. The molecule has 1 aliphatic rings. The Balaban J connectivity index is 1.79. The van der Waals surface area contributed by atoms with Gasteiger partial charge >= 0.3 is 0 Å². The summed E-state index contributed by atoms with van der Waals surface area (Å²) in [6.07, 6.45) is 2.45. The van der Waals surface area contributed by atoms with Crippen LogP contribution in [0.25, 0.3) is 0 Å². The second kappa shape index (κ2) is 6.32. The molecule has 1 aromatic carbocycles. The molecule has 1 aliphatic heterocycles. The molecule has 18 heavy (non-hydrogen) atoms. The van der Waals surface area contributed by atoms with Gasteiger partial charge in [-0.25, -0.2) is 0 Å². The lowest BCUT2D eigenvalue weighted by Crippen LogP contribution is -2.46. The number of morpholine rings is 1. The molecule has 0 amide bonds. The molecule has 2 atom stereocenters. The summed E-state index contributed by atoms with van der Waals surface area (Å²) in [5, 5.41) is 13.8. The molecule has 1 saturated heterocycles. The molecule has 1 fully saturated rings. The summed E-state index contributed by atoms with van der Waals surface area (Å²) in [5.41, 5.74) is 0.652. The molecule has 1 aromatic rings. The molecule has 100 valence electrons. The molecule has 0 radical (unpaired) electrons. The summed E-state index contributed by atoms with van der Waals surface area (Å²) in [7, 11) is 0. The summed E-state index contributed by atoms with van der Waals surface area (Å²) < 4.78 is 5.42. The maximum atomic E-state index is 10.4. The second-order valence-electron chi connectivity index (χ2n) is 5.41. The summed E-state index contributed by atoms with van der Waals surface area (Å²) in [4.78, 5) is 0. The van der Waals surface area contributed by atoms with Crippen molar-refractivity contribution in [1.82, 2.24) is 5.32 Å². The minimum absolute atomic E-state index is 0.282. The van der Waals surface area contributed by atoms with E-state index in [1.54, 1.807) is 0 Å². The Hall–Kier alpha value is -0.900. The van der Waals surface area contributed by atoms with Gasteiger partial charge in [-0.1, -0.05) is 30.3 Å². The van der Waals surface area contributed by atoms with E-state index in [9.17, 15) is 5.11 Å². The number of aliphatic hydroxyl groups is 1. The molecular weight excluding hydrogens is 226 g/mol. The molecule has 0 aromatic heterocycles. The zero-order valence-corrected chi connectivity index (χ0v) is 11.1. The highest BCUT2D eigenvalue weighted by atomic mass is 16.5. The Morgan fingerprint density at radius 2 is 2.17 bits per heavy atom. The molecule has 2 N–H and O–H groups in total. The van der Waals surface area contributed by atoms with Gasteiger partial charge in [-0.05, 0) is 31.7 Å². The van der Waals surface area contributed by atoms with Crippen molar-refractivity contribution < 1.29 is 9.84 Å². The fraction of sp³-hybridized carbons (Fsp3) is 0.600. The highest BCUT2D eigenvalue weighted by Gasteiger charge is 2.26. The topological polar surface area (TPSA) is 41.5 Å². The van der Waals surface area contributed by atoms with Gasteiger partial charge in [-0.2, -0.15) is 0 Å². The van der Waals surface area contributed by atoms with Gasteiger partial charge in [0.1, 0.15) is 0 Å². The third kappa shape index (κ3) is 4.41. The zero-order chi connectivity index (χ0) is 12.8. The first-order valence-electron chi connectivity index (χ1n) is 6.73. The molecule has 1 heterocycles. The number of ether oxygens (including phenoxy) is 1. The van der Waals surface area contributed by atoms with Crippen LogP contribution in [0, 0.1) is 0 Å². The Morgan fingerprint density at radius 3 is 2.83 bits per heavy atom. The van der Waals surface area contributed by atoms with Gasteiger partial charge in [0, 0.05) is 12.6 Å². The van der Waals surface area contributed by atoms with E-state index in [4.69, 9.17) is 4.74 Å². The average Bonchev–Trinajstić information content (AvgIpc) is 2.38. The van der Waals surface area contributed by atoms with Crippen molar-refractivity contribution in [2.75, 3.05) is 19.8 Å².